The third-order valence-electron chi connectivity index (χ3n) is 4.10. The van der Waals surface area contributed by atoms with E-state index in [4.69, 9.17) is 0 Å². The second-order valence-electron chi connectivity index (χ2n) is 6.98. The zero-order valence-corrected chi connectivity index (χ0v) is 14.1. The molecule has 0 saturated carbocycles. The average Bonchev–Trinajstić information content (AvgIpc) is 3.07. The second-order valence-corrected chi connectivity index (χ2v) is 7.98. The first-order valence-corrected chi connectivity index (χ1v) is 8.92. The Morgan fingerprint density at radius 1 is 1.38 bits per heavy atom. The van der Waals surface area contributed by atoms with Crippen LogP contribution >= 0.6 is 11.8 Å². The molecule has 0 aliphatic carbocycles. The number of rotatable bonds is 4. The second kappa shape index (κ2) is 7.01. The van der Waals surface area contributed by atoms with E-state index in [1.54, 1.807) is 16.7 Å². The maximum absolute atomic E-state index is 12.4. The van der Waals surface area contributed by atoms with Crippen molar-refractivity contribution in [3.63, 3.8) is 0 Å². The molecule has 2 unspecified atom stereocenters. The van der Waals surface area contributed by atoms with Gasteiger partial charge in [0.2, 0.25) is 11.8 Å². The van der Waals surface area contributed by atoms with Gasteiger partial charge in [-0.05, 0) is 31.8 Å². The summed E-state index contributed by atoms with van der Waals surface area (Å²) in [5.41, 5.74) is -0.432. The Morgan fingerprint density at radius 3 is 2.76 bits per heavy atom. The van der Waals surface area contributed by atoms with Crippen LogP contribution in [0.1, 0.15) is 33.6 Å². The Labute approximate surface area is 131 Å². The Bertz CT molecular complexity index is 389. The van der Waals surface area contributed by atoms with Crippen molar-refractivity contribution in [1.29, 1.82) is 0 Å². The van der Waals surface area contributed by atoms with E-state index in [-0.39, 0.29) is 17.9 Å². The summed E-state index contributed by atoms with van der Waals surface area (Å²) in [6, 6.07) is -0.302. The molecule has 0 aromatic carbocycles. The monoisotopic (exact) mass is 313 g/mol. The van der Waals surface area contributed by atoms with Crippen LogP contribution < -0.4 is 10.6 Å². The summed E-state index contributed by atoms with van der Waals surface area (Å²) in [5, 5.41) is 6.35. The molecule has 0 aromatic heterocycles. The van der Waals surface area contributed by atoms with Crippen molar-refractivity contribution in [2.45, 2.75) is 39.7 Å². The first kappa shape index (κ1) is 16.6. The van der Waals surface area contributed by atoms with Gasteiger partial charge in [0.05, 0.1) is 5.88 Å². The van der Waals surface area contributed by atoms with Crippen LogP contribution in [0.4, 0.5) is 0 Å². The Morgan fingerprint density at radius 2 is 2.14 bits per heavy atom. The molecular weight excluding hydrogens is 286 g/mol. The minimum atomic E-state index is -0.432. The van der Waals surface area contributed by atoms with Crippen molar-refractivity contribution in [3.8, 4) is 0 Å². The normalized spacial score (nSPS) is 26.1. The highest BCUT2D eigenvalue weighted by molar-refractivity contribution is 7.99. The summed E-state index contributed by atoms with van der Waals surface area (Å²) in [5.74, 6) is 2.08. The van der Waals surface area contributed by atoms with Crippen molar-refractivity contribution < 1.29 is 9.59 Å². The van der Waals surface area contributed by atoms with Gasteiger partial charge in [0.25, 0.3) is 0 Å². The molecule has 2 atom stereocenters. The fourth-order valence-corrected chi connectivity index (χ4v) is 3.92. The molecular formula is C15H27N3O2S. The van der Waals surface area contributed by atoms with Crippen LogP contribution in [-0.4, -0.2) is 54.0 Å². The molecule has 2 heterocycles. The number of carbonyl (C=O) groups is 2. The highest BCUT2D eigenvalue weighted by Gasteiger charge is 2.38. The molecule has 6 heteroatoms. The molecule has 21 heavy (non-hydrogen) atoms. The summed E-state index contributed by atoms with van der Waals surface area (Å²) < 4.78 is 0. The summed E-state index contributed by atoms with van der Waals surface area (Å²) in [4.78, 5) is 26.4. The highest BCUT2D eigenvalue weighted by atomic mass is 32.2. The molecule has 2 aliphatic heterocycles. The van der Waals surface area contributed by atoms with E-state index < -0.39 is 5.41 Å². The van der Waals surface area contributed by atoms with Crippen LogP contribution in [0.3, 0.4) is 0 Å². The molecule has 0 spiro atoms. The smallest absolute Gasteiger partial charge is 0.243 e. The van der Waals surface area contributed by atoms with E-state index >= 15 is 0 Å². The third-order valence-corrected chi connectivity index (χ3v) is 5.11. The fourth-order valence-electron chi connectivity index (χ4n) is 2.77. The zero-order chi connectivity index (χ0) is 15.5. The van der Waals surface area contributed by atoms with Gasteiger partial charge in [0.15, 0.2) is 0 Å². The van der Waals surface area contributed by atoms with E-state index in [1.165, 1.54) is 6.42 Å². The van der Waals surface area contributed by atoms with Gasteiger partial charge in [-0.15, -0.1) is 11.8 Å². The van der Waals surface area contributed by atoms with Gasteiger partial charge in [0, 0.05) is 17.7 Å². The standard InChI is InChI=1S/C15H27N3O2S/c1-15(2,3)14(20)18-10-21-9-12(18)13(19)17-7-5-11-4-6-16-8-11/h11-12,16H,4-10H2,1-3H3,(H,17,19). The van der Waals surface area contributed by atoms with E-state index in [1.807, 2.05) is 20.8 Å². The lowest BCUT2D eigenvalue weighted by molar-refractivity contribution is -0.144. The van der Waals surface area contributed by atoms with Gasteiger partial charge in [0.1, 0.15) is 6.04 Å². The number of hydrogen-bond acceptors (Lipinski definition) is 4. The molecule has 2 fully saturated rings. The molecule has 0 radical (unpaired) electrons. The van der Waals surface area contributed by atoms with Gasteiger partial charge in [-0.2, -0.15) is 0 Å². The molecule has 2 aliphatic rings. The van der Waals surface area contributed by atoms with Crippen LogP contribution in [0.2, 0.25) is 0 Å². The maximum atomic E-state index is 12.4. The van der Waals surface area contributed by atoms with E-state index in [9.17, 15) is 9.59 Å². The predicted molar refractivity (Wildman–Crippen MR) is 86.0 cm³/mol. The molecule has 2 rings (SSSR count). The zero-order valence-electron chi connectivity index (χ0n) is 13.3. The number of carbonyl (C=O) groups excluding carboxylic acids is 2. The number of amides is 2. The third kappa shape index (κ3) is 4.36. The Kier molecular flexibility index (Phi) is 5.54. The summed E-state index contributed by atoms with van der Waals surface area (Å²) in [7, 11) is 0. The molecule has 5 nitrogen and oxygen atoms in total. The van der Waals surface area contributed by atoms with Gasteiger partial charge in [-0.3, -0.25) is 9.59 Å². The molecule has 2 saturated heterocycles. The number of nitrogens with zero attached hydrogens (tertiary/aromatic N) is 1. The van der Waals surface area contributed by atoms with Crippen molar-refractivity contribution >= 4 is 23.6 Å². The first-order chi connectivity index (χ1) is 9.89. The topological polar surface area (TPSA) is 61.4 Å². The van der Waals surface area contributed by atoms with Crippen molar-refractivity contribution in [2.24, 2.45) is 11.3 Å². The number of thioether (sulfide) groups is 1. The van der Waals surface area contributed by atoms with Crippen LogP contribution in [0.15, 0.2) is 0 Å². The number of nitrogens with one attached hydrogen (secondary N) is 2. The quantitative estimate of drug-likeness (QED) is 0.814. The molecule has 2 amide bonds. The first-order valence-electron chi connectivity index (χ1n) is 7.77. The lowest BCUT2D eigenvalue weighted by atomic mass is 9.94. The van der Waals surface area contributed by atoms with Crippen LogP contribution in [-0.2, 0) is 9.59 Å². The molecule has 0 aromatic rings. The van der Waals surface area contributed by atoms with E-state index in [2.05, 4.69) is 10.6 Å². The SMILES string of the molecule is CC(C)(C)C(=O)N1CSCC1C(=O)NCCC1CCNC1. The van der Waals surface area contributed by atoms with Crippen molar-refractivity contribution in [1.82, 2.24) is 15.5 Å². The molecule has 0 bridgehead atoms. The van der Waals surface area contributed by atoms with E-state index in [0.29, 0.717) is 24.1 Å². The van der Waals surface area contributed by atoms with Crippen LogP contribution in [0.25, 0.3) is 0 Å². The van der Waals surface area contributed by atoms with Crippen LogP contribution in [0, 0.1) is 11.3 Å². The lowest BCUT2D eigenvalue weighted by Gasteiger charge is -2.29. The molecule has 120 valence electrons. The van der Waals surface area contributed by atoms with Gasteiger partial charge in [-0.1, -0.05) is 20.8 Å². The van der Waals surface area contributed by atoms with Crippen molar-refractivity contribution in [3.05, 3.63) is 0 Å². The van der Waals surface area contributed by atoms with Gasteiger partial charge >= 0.3 is 0 Å². The molecule has 2 N–H and O–H groups in total. The van der Waals surface area contributed by atoms with Crippen molar-refractivity contribution in [2.75, 3.05) is 31.3 Å². The van der Waals surface area contributed by atoms with Gasteiger partial charge < -0.3 is 15.5 Å². The minimum absolute atomic E-state index is 0.00329. The summed E-state index contributed by atoms with van der Waals surface area (Å²) in [6.45, 7) is 8.57. The fraction of sp³-hybridized carbons (Fsp3) is 0.867. The van der Waals surface area contributed by atoms with E-state index in [0.717, 1.165) is 19.5 Å². The number of hydrogen-bond donors (Lipinski definition) is 2. The predicted octanol–water partition coefficient (Wildman–Crippen LogP) is 1.05. The Hall–Kier alpha value is -0.750. The minimum Gasteiger partial charge on any atom is -0.354 e. The van der Waals surface area contributed by atoms with Gasteiger partial charge in [-0.25, -0.2) is 0 Å². The Balaban J connectivity index is 1.81. The summed E-state index contributed by atoms with van der Waals surface area (Å²) in [6.07, 6.45) is 2.22. The highest BCUT2D eigenvalue weighted by Crippen LogP contribution is 2.27. The average molecular weight is 313 g/mol. The lowest BCUT2D eigenvalue weighted by Crippen LogP contribution is -2.50. The largest absolute Gasteiger partial charge is 0.354 e. The van der Waals surface area contributed by atoms with Crippen LogP contribution in [0.5, 0.6) is 0 Å². The maximum Gasteiger partial charge on any atom is 0.243 e. The summed E-state index contributed by atoms with van der Waals surface area (Å²) >= 11 is 1.66.